The molecule has 94 valence electrons. The minimum absolute atomic E-state index is 0.217. The van der Waals surface area contributed by atoms with Crippen molar-refractivity contribution < 1.29 is 4.79 Å². The van der Waals surface area contributed by atoms with Crippen molar-refractivity contribution in [3.05, 3.63) is 0 Å². The Kier molecular flexibility index (Phi) is 5.22. The van der Waals surface area contributed by atoms with Crippen LogP contribution in [0, 0.1) is 5.92 Å². The number of nitrogens with one attached hydrogen (secondary N) is 1. The number of primary amides is 1. The molecule has 4 heteroatoms. The molecular weight excluding hydrogens is 202 g/mol. The van der Waals surface area contributed by atoms with E-state index in [9.17, 15) is 4.79 Å². The molecule has 0 radical (unpaired) electrons. The van der Waals surface area contributed by atoms with E-state index in [0.717, 1.165) is 18.9 Å². The average Bonchev–Trinajstić information content (AvgIpc) is 3.05. The van der Waals surface area contributed by atoms with Gasteiger partial charge in [-0.3, -0.25) is 4.79 Å². The van der Waals surface area contributed by atoms with Crippen molar-refractivity contribution in [3.63, 3.8) is 0 Å². The number of nitrogens with zero attached hydrogens (tertiary/aromatic N) is 1. The smallest absolute Gasteiger partial charge is 0.235 e. The summed E-state index contributed by atoms with van der Waals surface area (Å²) in [6.45, 7) is 5.88. The number of nitrogens with two attached hydrogens (primary N) is 1. The van der Waals surface area contributed by atoms with Crippen LogP contribution in [-0.2, 0) is 4.79 Å². The van der Waals surface area contributed by atoms with Crippen LogP contribution < -0.4 is 11.1 Å². The molecule has 1 fully saturated rings. The molecule has 1 aliphatic rings. The molecular formula is C12H25N3O. The van der Waals surface area contributed by atoms with E-state index in [1.54, 1.807) is 0 Å². The second-order valence-electron chi connectivity index (χ2n) is 4.93. The predicted molar refractivity (Wildman–Crippen MR) is 66.1 cm³/mol. The Morgan fingerprint density at radius 2 is 2.19 bits per heavy atom. The molecule has 4 nitrogen and oxygen atoms in total. The zero-order chi connectivity index (χ0) is 12.1. The number of hydrogen-bond acceptors (Lipinski definition) is 3. The fraction of sp³-hybridized carbons (Fsp3) is 0.917. The number of likely N-dealkylation sites (N-methyl/N-ethyl adjacent to an activating group) is 1. The highest BCUT2D eigenvalue weighted by molar-refractivity contribution is 5.80. The van der Waals surface area contributed by atoms with Crippen molar-refractivity contribution >= 4 is 5.91 Å². The van der Waals surface area contributed by atoms with Crippen LogP contribution in [0.5, 0.6) is 0 Å². The maximum atomic E-state index is 11.3. The average molecular weight is 227 g/mol. The molecule has 0 aromatic rings. The van der Waals surface area contributed by atoms with Gasteiger partial charge in [0, 0.05) is 12.6 Å². The number of rotatable bonds is 8. The Labute approximate surface area is 98.6 Å². The minimum Gasteiger partial charge on any atom is -0.368 e. The maximum Gasteiger partial charge on any atom is 0.235 e. The summed E-state index contributed by atoms with van der Waals surface area (Å²) in [4.78, 5) is 13.5. The maximum absolute atomic E-state index is 11.3. The van der Waals surface area contributed by atoms with Gasteiger partial charge < -0.3 is 16.0 Å². The predicted octanol–water partition coefficient (Wildman–Crippen LogP) is 0.570. The minimum atomic E-state index is -0.247. The van der Waals surface area contributed by atoms with Crippen LogP contribution in [0.4, 0.5) is 0 Å². The van der Waals surface area contributed by atoms with E-state index in [1.165, 1.54) is 12.8 Å². The zero-order valence-corrected chi connectivity index (χ0v) is 10.7. The Hall–Kier alpha value is -0.610. The van der Waals surface area contributed by atoms with Gasteiger partial charge in [-0.15, -0.1) is 0 Å². The number of amides is 1. The van der Waals surface area contributed by atoms with Gasteiger partial charge in [0.15, 0.2) is 0 Å². The number of carbonyl (C=O) groups excluding carboxylic acids is 1. The Bertz CT molecular complexity index is 228. The largest absolute Gasteiger partial charge is 0.368 e. The molecule has 1 rings (SSSR count). The Morgan fingerprint density at radius 1 is 1.56 bits per heavy atom. The molecule has 0 bridgehead atoms. The van der Waals surface area contributed by atoms with Gasteiger partial charge in [-0.25, -0.2) is 0 Å². The first kappa shape index (κ1) is 13.5. The van der Waals surface area contributed by atoms with E-state index in [2.05, 4.69) is 31.1 Å². The standard InChI is InChI=1S/C12H25N3O/c1-4-7-14-11(12(13)16)8-15(3)9(2)10-5-6-10/h9-11,14H,4-8H2,1-3H3,(H2,13,16). The van der Waals surface area contributed by atoms with Crippen molar-refractivity contribution in [1.29, 1.82) is 0 Å². The van der Waals surface area contributed by atoms with Crippen molar-refractivity contribution in [2.45, 2.75) is 45.2 Å². The molecule has 1 amide bonds. The molecule has 0 aromatic heterocycles. The monoisotopic (exact) mass is 227 g/mol. The fourth-order valence-electron chi connectivity index (χ4n) is 1.97. The van der Waals surface area contributed by atoms with Crippen LogP contribution in [0.1, 0.15) is 33.1 Å². The van der Waals surface area contributed by atoms with Gasteiger partial charge >= 0.3 is 0 Å². The lowest BCUT2D eigenvalue weighted by molar-refractivity contribution is -0.120. The lowest BCUT2D eigenvalue weighted by Gasteiger charge is -2.28. The molecule has 3 N–H and O–H groups in total. The van der Waals surface area contributed by atoms with E-state index in [0.29, 0.717) is 12.6 Å². The summed E-state index contributed by atoms with van der Waals surface area (Å²) >= 11 is 0. The molecule has 16 heavy (non-hydrogen) atoms. The van der Waals surface area contributed by atoms with E-state index in [4.69, 9.17) is 5.73 Å². The highest BCUT2D eigenvalue weighted by Gasteiger charge is 2.31. The van der Waals surface area contributed by atoms with Gasteiger partial charge in [-0.2, -0.15) is 0 Å². The third-order valence-electron chi connectivity index (χ3n) is 3.45. The summed E-state index contributed by atoms with van der Waals surface area (Å²) in [7, 11) is 2.08. The van der Waals surface area contributed by atoms with E-state index < -0.39 is 0 Å². The van der Waals surface area contributed by atoms with Crippen molar-refractivity contribution in [2.24, 2.45) is 11.7 Å². The van der Waals surface area contributed by atoms with Crippen LogP contribution in [0.2, 0.25) is 0 Å². The second-order valence-corrected chi connectivity index (χ2v) is 4.93. The lowest BCUT2D eigenvalue weighted by Crippen LogP contribution is -2.50. The molecule has 1 saturated carbocycles. The molecule has 0 heterocycles. The summed E-state index contributed by atoms with van der Waals surface area (Å²) < 4.78 is 0. The van der Waals surface area contributed by atoms with Gasteiger partial charge in [-0.1, -0.05) is 6.92 Å². The van der Waals surface area contributed by atoms with Crippen LogP contribution in [0.15, 0.2) is 0 Å². The van der Waals surface area contributed by atoms with E-state index >= 15 is 0 Å². The quantitative estimate of drug-likeness (QED) is 0.637. The third kappa shape index (κ3) is 4.10. The molecule has 0 spiro atoms. The molecule has 0 aromatic carbocycles. The number of hydrogen-bond donors (Lipinski definition) is 2. The third-order valence-corrected chi connectivity index (χ3v) is 3.45. The Morgan fingerprint density at radius 3 is 2.62 bits per heavy atom. The first-order valence-electron chi connectivity index (χ1n) is 6.29. The second kappa shape index (κ2) is 6.21. The summed E-state index contributed by atoms with van der Waals surface area (Å²) in [6.07, 6.45) is 3.68. The number of carbonyl (C=O) groups is 1. The van der Waals surface area contributed by atoms with Gasteiger partial charge in [0.05, 0.1) is 6.04 Å². The topological polar surface area (TPSA) is 58.4 Å². The molecule has 0 saturated heterocycles. The molecule has 1 aliphatic carbocycles. The highest BCUT2D eigenvalue weighted by atomic mass is 16.1. The first-order chi connectivity index (χ1) is 7.56. The van der Waals surface area contributed by atoms with Crippen molar-refractivity contribution in [1.82, 2.24) is 10.2 Å². The Balaban J connectivity index is 2.36. The van der Waals surface area contributed by atoms with Crippen LogP contribution in [0.3, 0.4) is 0 Å². The summed E-state index contributed by atoms with van der Waals surface area (Å²) in [6, 6.07) is 0.344. The normalized spacial score (nSPS) is 19.8. The van der Waals surface area contributed by atoms with Gasteiger partial charge in [0.25, 0.3) is 0 Å². The summed E-state index contributed by atoms with van der Waals surface area (Å²) in [5, 5.41) is 3.20. The molecule has 2 unspecified atom stereocenters. The molecule has 2 atom stereocenters. The van der Waals surface area contributed by atoms with Crippen LogP contribution in [0.25, 0.3) is 0 Å². The summed E-state index contributed by atoms with van der Waals surface area (Å²) in [5.74, 6) is 0.577. The highest BCUT2D eigenvalue weighted by Crippen LogP contribution is 2.34. The van der Waals surface area contributed by atoms with E-state index in [-0.39, 0.29) is 11.9 Å². The van der Waals surface area contributed by atoms with Crippen molar-refractivity contribution in [3.8, 4) is 0 Å². The van der Waals surface area contributed by atoms with E-state index in [1.807, 2.05) is 0 Å². The fourth-order valence-corrected chi connectivity index (χ4v) is 1.97. The van der Waals surface area contributed by atoms with Gasteiger partial charge in [0.1, 0.15) is 0 Å². The van der Waals surface area contributed by atoms with Crippen LogP contribution in [-0.4, -0.2) is 43.0 Å². The van der Waals surface area contributed by atoms with Gasteiger partial charge in [0.2, 0.25) is 5.91 Å². The lowest BCUT2D eigenvalue weighted by atomic mass is 10.1. The SMILES string of the molecule is CCCNC(CN(C)C(C)C1CC1)C(N)=O. The van der Waals surface area contributed by atoms with Crippen molar-refractivity contribution in [2.75, 3.05) is 20.1 Å². The zero-order valence-electron chi connectivity index (χ0n) is 10.7. The van der Waals surface area contributed by atoms with Gasteiger partial charge in [-0.05, 0) is 45.7 Å². The van der Waals surface area contributed by atoms with Crippen LogP contribution >= 0.6 is 0 Å². The first-order valence-corrected chi connectivity index (χ1v) is 6.29. The molecule has 0 aliphatic heterocycles. The summed E-state index contributed by atoms with van der Waals surface area (Å²) in [5.41, 5.74) is 5.39.